The number of rotatable bonds is 6. The number of hydrogen-bond donors (Lipinski definition) is 3. The highest BCUT2D eigenvalue weighted by Gasteiger charge is 2.27. The standard InChI is InChI=1S/C15H29N3O2/c1-4-11-5-7-12(8-6-11)9-17-15(19)13(10(2)3)14(16)18-20/h10-13,20H,4-9H2,1-3H3,(H2,16,18)(H,17,19). The minimum Gasteiger partial charge on any atom is -0.409 e. The van der Waals surface area contributed by atoms with Crippen molar-refractivity contribution in [3.8, 4) is 0 Å². The Morgan fingerprint density at radius 2 is 1.85 bits per heavy atom. The smallest absolute Gasteiger partial charge is 0.231 e. The fourth-order valence-corrected chi connectivity index (χ4v) is 3.04. The van der Waals surface area contributed by atoms with Gasteiger partial charge in [-0.1, -0.05) is 45.2 Å². The van der Waals surface area contributed by atoms with E-state index in [4.69, 9.17) is 10.9 Å². The van der Waals surface area contributed by atoms with Gasteiger partial charge in [-0.05, 0) is 30.6 Å². The summed E-state index contributed by atoms with van der Waals surface area (Å²) in [5, 5.41) is 14.7. The second-order valence-corrected chi connectivity index (χ2v) is 6.29. The van der Waals surface area contributed by atoms with E-state index in [0.29, 0.717) is 12.5 Å². The highest BCUT2D eigenvalue weighted by atomic mass is 16.4. The summed E-state index contributed by atoms with van der Waals surface area (Å²) >= 11 is 0. The van der Waals surface area contributed by atoms with Gasteiger partial charge >= 0.3 is 0 Å². The molecule has 0 aromatic carbocycles. The highest BCUT2D eigenvalue weighted by molar-refractivity contribution is 6.02. The summed E-state index contributed by atoms with van der Waals surface area (Å²) in [5.41, 5.74) is 5.60. The number of oxime groups is 1. The summed E-state index contributed by atoms with van der Waals surface area (Å²) in [6, 6.07) is 0. The molecule has 1 atom stereocenters. The summed E-state index contributed by atoms with van der Waals surface area (Å²) in [7, 11) is 0. The molecule has 0 aliphatic heterocycles. The van der Waals surface area contributed by atoms with E-state index in [0.717, 1.165) is 5.92 Å². The van der Waals surface area contributed by atoms with Crippen molar-refractivity contribution in [3.05, 3.63) is 0 Å². The average Bonchev–Trinajstić information content (AvgIpc) is 2.45. The van der Waals surface area contributed by atoms with Gasteiger partial charge in [0.25, 0.3) is 0 Å². The lowest BCUT2D eigenvalue weighted by atomic mass is 9.81. The number of carbonyl (C=O) groups excluding carboxylic acids is 1. The van der Waals surface area contributed by atoms with Gasteiger partial charge in [0.2, 0.25) is 5.91 Å². The minimum atomic E-state index is -0.549. The number of carbonyl (C=O) groups is 1. The normalized spacial score (nSPS) is 25.5. The Morgan fingerprint density at radius 3 is 2.30 bits per heavy atom. The topological polar surface area (TPSA) is 87.7 Å². The van der Waals surface area contributed by atoms with Crippen molar-refractivity contribution in [2.75, 3.05) is 6.54 Å². The molecular weight excluding hydrogens is 254 g/mol. The highest BCUT2D eigenvalue weighted by Crippen LogP contribution is 2.30. The van der Waals surface area contributed by atoms with Crippen LogP contribution in [0.25, 0.3) is 0 Å². The molecule has 0 aromatic heterocycles. The van der Waals surface area contributed by atoms with Crippen LogP contribution in [0.5, 0.6) is 0 Å². The maximum Gasteiger partial charge on any atom is 0.231 e. The molecule has 0 aromatic rings. The van der Waals surface area contributed by atoms with Gasteiger partial charge in [-0.25, -0.2) is 0 Å². The van der Waals surface area contributed by atoms with Crippen LogP contribution >= 0.6 is 0 Å². The first-order valence-electron chi connectivity index (χ1n) is 7.74. The molecule has 1 unspecified atom stereocenters. The van der Waals surface area contributed by atoms with Gasteiger partial charge < -0.3 is 16.3 Å². The van der Waals surface area contributed by atoms with E-state index >= 15 is 0 Å². The van der Waals surface area contributed by atoms with Gasteiger partial charge in [0.15, 0.2) is 5.84 Å². The maximum atomic E-state index is 12.2. The molecule has 1 rings (SSSR count). The minimum absolute atomic E-state index is 0.00723. The summed E-state index contributed by atoms with van der Waals surface area (Å²) < 4.78 is 0. The Balaban J connectivity index is 2.42. The van der Waals surface area contributed by atoms with Crippen molar-refractivity contribution in [1.29, 1.82) is 0 Å². The predicted molar refractivity (Wildman–Crippen MR) is 80.5 cm³/mol. The fraction of sp³-hybridized carbons (Fsp3) is 0.867. The number of nitrogens with one attached hydrogen (secondary N) is 1. The largest absolute Gasteiger partial charge is 0.409 e. The molecule has 0 heterocycles. The van der Waals surface area contributed by atoms with Crippen molar-refractivity contribution in [2.45, 2.75) is 52.9 Å². The molecule has 1 saturated carbocycles. The molecular formula is C15H29N3O2. The average molecular weight is 283 g/mol. The molecule has 20 heavy (non-hydrogen) atoms. The first kappa shape index (κ1) is 16.8. The van der Waals surface area contributed by atoms with Crippen LogP contribution in [-0.2, 0) is 4.79 Å². The zero-order valence-corrected chi connectivity index (χ0v) is 12.9. The zero-order chi connectivity index (χ0) is 15.1. The van der Waals surface area contributed by atoms with Crippen LogP contribution in [0.1, 0.15) is 52.9 Å². The third kappa shape index (κ3) is 4.69. The van der Waals surface area contributed by atoms with Crippen molar-refractivity contribution in [3.63, 3.8) is 0 Å². The number of amidine groups is 1. The second kappa shape index (κ2) is 8.12. The fourth-order valence-electron chi connectivity index (χ4n) is 3.04. The number of hydrogen-bond acceptors (Lipinski definition) is 3. The van der Waals surface area contributed by atoms with Gasteiger partial charge in [-0.2, -0.15) is 0 Å². The molecule has 1 fully saturated rings. The third-order valence-electron chi connectivity index (χ3n) is 4.49. The molecule has 1 amide bonds. The molecule has 0 radical (unpaired) electrons. The number of nitrogens with zero attached hydrogens (tertiary/aromatic N) is 1. The van der Waals surface area contributed by atoms with Gasteiger partial charge in [0.1, 0.15) is 5.92 Å². The van der Waals surface area contributed by atoms with Gasteiger partial charge in [-0.3, -0.25) is 4.79 Å². The Hall–Kier alpha value is -1.26. The van der Waals surface area contributed by atoms with E-state index in [1.807, 2.05) is 13.8 Å². The van der Waals surface area contributed by atoms with Crippen LogP contribution in [-0.4, -0.2) is 23.5 Å². The van der Waals surface area contributed by atoms with Crippen molar-refractivity contribution >= 4 is 11.7 Å². The van der Waals surface area contributed by atoms with E-state index in [-0.39, 0.29) is 17.7 Å². The van der Waals surface area contributed by atoms with Crippen molar-refractivity contribution in [2.24, 2.45) is 34.6 Å². The summed E-state index contributed by atoms with van der Waals surface area (Å²) in [5.74, 6) is 0.762. The summed E-state index contributed by atoms with van der Waals surface area (Å²) in [6.45, 7) is 6.75. The van der Waals surface area contributed by atoms with Gasteiger partial charge in [-0.15, -0.1) is 0 Å². The lowest BCUT2D eigenvalue weighted by molar-refractivity contribution is -0.124. The van der Waals surface area contributed by atoms with E-state index in [9.17, 15) is 4.79 Å². The lowest BCUT2D eigenvalue weighted by Crippen LogP contribution is -2.43. The molecule has 5 nitrogen and oxygen atoms in total. The zero-order valence-electron chi connectivity index (χ0n) is 12.9. The van der Waals surface area contributed by atoms with Crippen LogP contribution in [0.2, 0.25) is 0 Å². The predicted octanol–water partition coefficient (Wildman–Crippen LogP) is 2.34. The SMILES string of the molecule is CCC1CCC(CNC(=O)C(C(N)=NO)C(C)C)CC1. The van der Waals surface area contributed by atoms with Gasteiger partial charge in [0.05, 0.1) is 0 Å². The molecule has 5 heteroatoms. The van der Waals surface area contributed by atoms with E-state index in [1.54, 1.807) is 0 Å². The third-order valence-corrected chi connectivity index (χ3v) is 4.49. The molecule has 1 aliphatic carbocycles. The molecule has 4 N–H and O–H groups in total. The van der Waals surface area contributed by atoms with Gasteiger partial charge in [0, 0.05) is 6.54 Å². The monoisotopic (exact) mass is 283 g/mol. The molecule has 1 aliphatic rings. The maximum absolute atomic E-state index is 12.2. The Bertz CT molecular complexity index is 334. The van der Waals surface area contributed by atoms with Crippen LogP contribution in [0.3, 0.4) is 0 Å². The van der Waals surface area contributed by atoms with Crippen LogP contribution in [0.4, 0.5) is 0 Å². The molecule has 0 bridgehead atoms. The quantitative estimate of drug-likeness (QED) is 0.302. The van der Waals surface area contributed by atoms with Crippen LogP contribution < -0.4 is 11.1 Å². The molecule has 116 valence electrons. The Kier molecular flexibility index (Phi) is 6.82. The van der Waals surface area contributed by atoms with E-state index in [1.165, 1.54) is 32.1 Å². The van der Waals surface area contributed by atoms with E-state index in [2.05, 4.69) is 17.4 Å². The van der Waals surface area contributed by atoms with Crippen molar-refractivity contribution < 1.29 is 10.0 Å². The van der Waals surface area contributed by atoms with Crippen LogP contribution in [0, 0.1) is 23.7 Å². The molecule has 0 spiro atoms. The second-order valence-electron chi connectivity index (χ2n) is 6.29. The number of nitrogens with two attached hydrogens (primary N) is 1. The van der Waals surface area contributed by atoms with E-state index < -0.39 is 5.92 Å². The van der Waals surface area contributed by atoms with Crippen molar-refractivity contribution in [1.82, 2.24) is 5.32 Å². The summed E-state index contributed by atoms with van der Waals surface area (Å²) in [4.78, 5) is 12.2. The van der Waals surface area contributed by atoms with Crippen LogP contribution in [0.15, 0.2) is 5.16 Å². The Labute approximate surface area is 122 Å². The molecule has 0 saturated heterocycles. The summed E-state index contributed by atoms with van der Waals surface area (Å²) in [6.07, 6.45) is 6.18. The first-order chi connectivity index (χ1) is 9.49. The number of amides is 1. The Morgan fingerprint density at radius 1 is 1.30 bits per heavy atom. The first-order valence-corrected chi connectivity index (χ1v) is 7.74. The lowest BCUT2D eigenvalue weighted by Gasteiger charge is -2.28.